The summed E-state index contributed by atoms with van der Waals surface area (Å²) in [6.07, 6.45) is 4.12. The second-order valence-corrected chi connectivity index (χ2v) is 9.08. The smallest absolute Gasteiger partial charge is 0.493 e. The lowest BCUT2D eigenvalue weighted by Crippen LogP contribution is -2.55. The van der Waals surface area contributed by atoms with Crippen molar-refractivity contribution in [2.45, 2.75) is 39.5 Å². The van der Waals surface area contributed by atoms with Crippen molar-refractivity contribution in [2.24, 2.45) is 0 Å². The first-order valence-electron chi connectivity index (χ1n) is 8.33. The van der Waals surface area contributed by atoms with Crippen LogP contribution in [0.2, 0.25) is 0 Å². The van der Waals surface area contributed by atoms with E-state index in [2.05, 4.69) is 29.8 Å². The molecular weight excluding hydrogens is 392 g/mol. The monoisotopic (exact) mass is 420 g/mol. The quantitative estimate of drug-likeness (QED) is 0.379. The number of unbranched alkanes of at least 4 members (excludes halogenated alkanes) is 2. The van der Waals surface area contributed by atoms with Gasteiger partial charge in [-0.25, -0.2) is 0 Å². The molecule has 0 aromatic heterocycles. The topological polar surface area (TPSA) is 46.2 Å². The largest absolute Gasteiger partial charge is 0.540 e. The molecule has 7 heteroatoms. The molecule has 0 saturated heterocycles. The molecule has 0 aliphatic rings. The van der Waals surface area contributed by atoms with Crippen LogP contribution in [0.3, 0.4) is 0 Å². The van der Waals surface area contributed by atoms with Gasteiger partial charge in [-0.15, -0.1) is 0 Å². The predicted molar refractivity (Wildman–Crippen MR) is 101 cm³/mol. The summed E-state index contributed by atoms with van der Waals surface area (Å²) in [5, 5.41) is 0.779. The zero-order chi connectivity index (χ0) is 18.0. The van der Waals surface area contributed by atoms with Gasteiger partial charge in [0.25, 0.3) is 0 Å². The average Bonchev–Trinajstić information content (AvgIpc) is 2.60. The molecule has 1 rings (SSSR count). The third-order valence-electron chi connectivity index (χ3n) is 3.68. The Kier molecular flexibility index (Phi) is 9.91. The van der Waals surface area contributed by atoms with Gasteiger partial charge >= 0.3 is 8.80 Å². The fourth-order valence-corrected chi connectivity index (χ4v) is 4.59. The average molecular weight is 421 g/mol. The summed E-state index contributed by atoms with van der Waals surface area (Å²) >= 11 is 3.56. The standard InChI is InChI=1S/C17H29BrO5Si/c1-6-8-10-22-15-13-17(24(19-3,20-4)21-5)16(12-14(15)18)23-11-9-7-2/h12-13H,6-11H2,1-5H3. The van der Waals surface area contributed by atoms with E-state index in [9.17, 15) is 0 Å². The molecule has 0 fully saturated rings. The van der Waals surface area contributed by atoms with Gasteiger partial charge in [0.15, 0.2) is 0 Å². The maximum absolute atomic E-state index is 5.96. The summed E-state index contributed by atoms with van der Waals surface area (Å²) in [7, 11) is 1.75. The van der Waals surface area contributed by atoms with Crippen molar-refractivity contribution in [3.05, 3.63) is 16.6 Å². The number of rotatable bonds is 12. The van der Waals surface area contributed by atoms with Crippen LogP contribution in [-0.4, -0.2) is 43.3 Å². The highest BCUT2D eigenvalue weighted by Crippen LogP contribution is 2.31. The molecular formula is C17H29BrO5Si. The van der Waals surface area contributed by atoms with Gasteiger partial charge in [-0.05, 0) is 40.9 Å². The maximum atomic E-state index is 5.96. The molecule has 0 radical (unpaired) electrons. The van der Waals surface area contributed by atoms with Crippen LogP contribution in [0.15, 0.2) is 16.6 Å². The number of ether oxygens (including phenoxy) is 2. The molecule has 0 atom stereocenters. The summed E-state index contributed by atoms with van der Waals surface area (Å²) in [5.41, 5.74) is 0. The van der Waals surface area contributed by atoms with Gasteiger partial charge in [0.1, 0.15) is 11.5 Å². The molecule has 0 spiro atoms. The molecule has 5 nitrogen and oxygen atoms in total. The number of hydrogen-bond donors (Lipinski definition) is 0. The minimum atomic E-state index is -3.03. The van der Waals surface area contributed by atoms with E-state index in [0.717, 1.165) is 41.1 Å². The van der Waals surface area contributed by atoms with Crippen LogP contribution >= 0.6 is 15.9 Å². The predicted octanol–water partition coefficient (Wildman–Crippen LogP) is 3.89. The lowest BCUT2D eigenvalue weighted by atomic mass is 10.3. The van der Waals surface area contributed by atoms with Crippen LogP contribution in [0.4, 0.5) is 0 Å². The zero-order valence-electron chi connectivity index (χ0n) is 15.3. The first kappa shape index (κ1) is 21.4. The summed E-state index contributed by atoms with van der Waals surface area (Å²) in [4.78, 5) is 0. The van der Waals surface area contributed by atoms with Crippen molar-refractivity contribution in [3.8, 4) is 11.5 Å². The van der Waals surface area contributed by atoms with Crippen LogP contribution in [0.5, 0.6) is 11.5 Å². The zero-order valence-corrected chi connectivity index (χ0v) is 17.9. The van der Waals surface area contributed by atoms with Crippen LogP contribution in [0.1, 0.15) is 39.5 Å². The Labute approximate surface area is 155 Å². The van der Waals surface area contributed by atoms with Gasteiger partial charge in [-0.3, -0.25) is 0 Å². The lowest BCUT2D eigenvalue weighted by molar-refractivity contribution is 0.139. The molecule has 138 valence electrons. The van der Waals surface area contributed by atoms with Gasteiger partial charge in [-0.2, -0.15) is 0 Å². The molecule has 1 aromatic carbocycles. The first-order valence-corrected chi connectivity index (χ1v) is 10.8. The third-order valence-corrected chi connectivity index (χ3v) is 6.96. The molecule has 0 N–H and O–H groups in total. The highest BCUT2D eigenvalue weighted by Gasteiger charge is 2.44. The van der Waals surface area contributed by atoms with Crippen molar-refractivity contribution in [2.75, 3.05) is 34.5 Å². The highest BCUT2D eigenvalue weighted by molar-refractivity contribution is 9.10. The molecule has 1 aromatic rings. The Hall–Kier alpha value is -0.603. The van der Waals surface area contributed by atoms with Gasteiger partial charge in [0.05, 0.1) is 22.9 Å². The Balaban J connectivity index is 3.23. The van der Waals surface area contributed by atoms with Gasteiger partial charge in [-0.1, -0.05) is 26.7 Å². The lowest BCUT2D eigenvalue weighted by Gasteiger charge is -2.27. The fraction of sp³-hybridized carbons (Fsp3) is 0.647. The molecule has 0 aliphatic heterocycles. The van der Waals surface area contributed by atoms with Crippen molar-refractivity contribution in [1.82, 2.24) is 0 Å². The molecule has 0 unspecified atom stereocenters. The van der Waals surface area contributed by atoms with E-state index in [0.29, 0.717) is 19.0 Å². The third kappa shape index (κ3) is 5.45. The Morgan fingerprint density at radius 1 is 0.833 bits per heavy atom. The molecule has 24 heavy (non-hydrogen) atoms. The second-order valence-electron chi connectivity index (χ2n) is 5.35. The van der Waals surface area contributed by atoms with Gasteiger partial charge in [0.2, 0.25) is 0 Å². The van der Waals surface area contributed by atoms with Crippen LogP contribution in [0, 0.1) is 0 Å². The van der Waals surface area contributed by atoms with Crippen molar-refractivity contribution in [1.29, 1.82) is 0 Å². The summed E-state index contributed by atoms with van der Waals surface area (Å²) in [6.45, 7) is 5.55. The molecule has 0 amide bonds. The van der Waals surface area contributed by atoms with E-state index in [1.807, 2.05) is 12.1 Å². The van der Waals surface area contributed by atoms with Crippen molar-refractivity contribution >= 4 is 29.9 Å². The fourth-order valence-electron chi connectivity index (χ4n) is 2.24. The number of hydrogen-bond acceptors (Lipinski definition) is 5. The molecule has 0 aliphatic carbocycles. The normalized spacial score (nSPS) is 11.6. The van der Waals surface area contributed by atoms with E-state index in [1.54, 1.807) is 21.3 Å². The van der Waals surface area contributed by atoms with E-state index >= 15 is 0 Å². The molecule has 0 saturated carbocycles. The SMILES string of the molecule is CCCCOc1cc([Si](OC)(OC)OC)c(OCCCC)cc1Br. The Morgan fingerprint density at radius 3 is 1.79 bits per heavy atom. The number of halogens is 1. The summed E-state index contributed by atoms with van der Waals surface area (Å²) in [5.74, 6) is 1.44. The Bertz CT molecular complexity index is 486. The highest BCUT2D eigenvalue weighted by atomic mass is 79.9. The van der Waals surface area contributed by atoms with Crippen LogP contribution < -0.4 is 14.7 Å². The van der Waals surface area contributed by atoms with Crippen molar-refractivity contribution < 1.29 is 22.8 Å². The van der Waals surface area contributed by atoms with Crippen LogP contribution in [-0.2, 0) is 13.3 Å². The minimum Gasteiger partial charge on any atom is -0.493 e. The van der Waals surface area contributed by atoms with Gasteiger partial charge in [0, 0.05) is 21.3 Å². The second kappa shape index (κ2) is 11.1. The molecule has 0 heterocycles. The maximum Gasteiger partial charge on any atom is 0.540 e. The van der Waals surface area contributed by atoms with E-state index in [4.69, 9.17) is 22.8 Å². The van der Waals surface area contributed by atoms with E-state index in [-0.39, 0.29) is 0 Å². The van der Waals surface area contributed by atoms with Crippen LogP contribution in [0.25, 0.3) is 0 Å². The van der Waals surface area contributed by atoms with E-state index < -0.39 is 8.80 Å². The summed E-state index contributed by atoms with van der Waals surface area (Å²) < 4.78 is 29.6. The molecule has 0 bridgehead atoms. The first-order chi connectivity index (χ1) is 11.6. The number of benzene rings is 1. The van der Waals surface area contributed by atoms with Crippen molar-refractivity contribution in [3.63, 3.8) is 0 Å². The van der Waals surface area contributed by atoms with E-state index in [1.165, 1.54) is 0 Å². The Morgan fingerprint density at radius 2 is 1.33 bits per heavy atom. The summed E-state index contributed by atoms with van der Waals surface area (Å²) in [6, 6.07) is 3.81. The minimum absolute atomic E-state index is 0.633. The van der Waals surface area contributed by atoms with Gasteiger partial charge < -0.3 is 22.8 Å².